The standard InChI is InChI=1S/C18H11N/c1-2-6-12-11(5-1)13-7-3-9-15-17(13)18-14(12)8-4-10-16(18)19-15/h1-10,19H. The van der Waals surface area contributed by atoms with Crippen LogP contribution in [0.4, 0.5) is 0 Å². The van der Waals surface area contributed by atoms with Crippen LogP contribution in [0.25, 0.3) is 43.4 Å². The summed E-state index contributed by atoms with van der Waals surface area (Å²) in [4.78, 5) is 3.53. The molecule has 0 aliphatic heterocycles. The highest BCUT2D eigenvalue weighted by Gasteiger charge is 2.13. The quantitative estimate of drug-likeness (QED) is 0.364. The first-order valence-electron chi connectivity index (χ1n) is 6.57. The molecule has 0 spiro atoms. The zero-order valence-electron chi connectivity index (χ0n) is 10.3. The number of rotatable bonds is 0. The summed E-state index contributed by atoms with van der Waals surface area (Å²) in [5.74, 6) is 0. The largest absolute Gasteiger partial charge is 0.354 e. The number of fused-ring (bicyclic) bond motifs is 3. The van der Waals surface area contributed by atoms with Gasteiger partial charge in [-0.25, -0.2) is 0 Å². The van der Waals surface area contributed by atoms with Gasteiger partial charge in [-0.2, -0.15) is 0 Å². The van der Waals surface area contributed by atoms with E-state index in [9.17, 15) is 0 Å². The Bertz CT molecular complexity index is 969. The van der Waals surface area contributed by atoms with Crippen LogP contribution in [0.2, 0.25) is 0 Å². The van der Waals surface area contributed by atoms with Crippen LogP contribution in [0.1, 0.15) is 0 Å². The van der Waals surface area contributed by atoms with Gasteiger partial charge in [-0.05, 0) is 33.7 Å². The van der Waals surface area contributed by atoms with Gasteiger partial charge >= 0.3 is 0 Å². The van der Waals surface area contributed by atoms with Crippen molar-refractivity contribution >= 4 is 43.4 Å². The Labute approximate surface area is 109 Å². The molecule has 0 radical (unpaired) electrons. The fourth-order valence-corrected chi connectivity index (χ4v) is 3.40. The number of aromatic nitrogens is 1. The Morgan fingerprint density at radius 2 is 0.947 bits per heavy atom. The average molecular weight is 241 g/mol. The molecule has 1 heteroatoms. The highest BCUT2D eigenvalue weighted by molar-refractivity contribution is 6.33. The van der Waals surface area contributed by atoms with Crippen molar-refractivity contribution in [1.29, 1.82) is 0 Å². The summed E-state index contributed by atoms with van der Waals surface area (Å²) in [6.07, 6.45) is 0. The van der Waals surface area contributed by atoms with Gasteiger partial charge in [0.15, 0.2) is 0 Å². The zero-order valence-corrected chi connectivity index (χ0v) is 10.3. The summed E-state index contributed by atoms with van der Waals surface area (Å²) in [6, 6.07) is 21.7. The molecule has 4 aromatic carbocycles. The highest BCUT2D eigenvalue weighted by atomic mass is 14.7. The minimum absolute atomic E-state index is 1.23. The van der Waals surface area contributed by atoms with Gasteiger partial charge in [-0.1, -0.05) is 48.5 Å². The van der Waals surface area contributed by atoms with Crippen molar-refractivity contribution in [2.24, 2.45) is 0 Å². The number of hydrogen-bond acceptors (Lipinski definition) is 0. The maximum absolute atomic E-state index is 3.53. The van der Waals surface area contributed by atoms with Crippen molar-refractivity contribution in [3.63, 3.8) is 0 Å². The van der Waals surface area contributed by atoms with Crippen molar-refractivity contribution in [3.05, 3.63) is 60.7 Å². The first kappa shape index (κ1) is 9.40. The predicted octanol–water partition coefficient (Wildman–Crippen LogP) is 5.07. The van der Waals surface area contributed by atoms with Crippen LogP contribution in [-0.4, -0.2) is 4.98 Å². The minimum Gasteiger partial charge on any atom is -0.354 e. The molecule has 19 heavy (non-hydrogen) atoms. The minimum atomic E-state index is 1.23. The summed E-state index contributed by atoms with van der Waals surface area (Å²) in [5, 5.41) is 8.11. The molecular weight excluding hydrogens is 230 g/mol. The van der Waals surface area contributed by atoms with E-state index in [1.165, 1.54) is 43.4 Å². The normalized spacial score (nSPS) is 12.2. The Balaban J connectivity index is 2.34. The summed E-state index contributed by atoms with van der Waals surface area (Å²) in [6.45, 7) is 0. The summed E-state index contributed by atoms with van der Waals surface area (Å²) < 4.78 is 0. The van der Waals surface area contributed by atoms with Gasteiger partial charge in [0.1, 0.15) is 0 Å². The Morgan fingerprint density at radius 1 is 0.474 bits per heavy atom. The SMILES string of the molecule is c1ccc2c(c1)c1cccc3[nH]c4cccc2c4c31. The lowest BCUT2D eigenvalue weighted by Crippen LogP contribution is -1.80. The number of nitrogens with one attached hydrogen (secondary N) is 1. The van der Waals surface area contributed by atoms with Crippen LogP contribution in [0, 0.1) is 0 Å². The van der Waals surface area contributed by atoms with Crippen LogP contribution in [0.5, 0.6) is 0 Å². The second kappa shape index (κ2) is 3.07. The maximum Gasteiger partial charge on any atom is 0.0471 e. The molecule has 1 heterocycles. The van der Waals surface area contributed by atoms with E-state index in [1.807, 2.05) is 0 Å². The van der Waals surface area contributed by atoms with Gasteiger partial charge in [-0.15, -0.1) is 0 Å². The third-order valence-electron chi connectivity index (χ3n) is 4.16. The van der Waals surface area contributed by atoms with Gasteiger partial charge in [0, 0.05) is 21.8 Å². The molecule has 1 N–H and O–H groups in total. The molecule has 88 valence electrons. The van der Waals surface area contributed by atoms with Crippen LogP contribution in [-0.2, 0) is 0 Å². The lowest BCUT2D eigenvalue weighted by Gasteiger charge is -2.08. The van der Waals surface area contributed by atoms with E-state index >= 15 is 0 Å². The Morgan fingerprint density at radius 3 is 1.47 bits per heavy atom. The van der Waals surface area contributed by atoms with E-state index in [2.05, 4.69) is 65.6 Å². The maximum atomic E-state index is 3.53. The molecule has 5 aromatic rings. The van der Waals surface area contributed by atoms with Crippen molar-refractivity contribution in [3.8, 4) is 0 Å². The van der Waals surface area contributed by atoms with E-state index in [0.717, 1.165) is 0 Å². The van der Waals surface area contributed by atoms with Gasteiger partial charge in [0.25, 0.3) is 0 Å². The zero-order chi connectivity index (χ0) is 12.4. The van der Waals surface area contributed by atoms with Crippen molar-refractivity contribution < 1.29 is 0 Å². The lowest BCUT2D eigenvalue weighted by atomic mass is 9.95. The number of H-pyrrole nitrogens is 1. The average Bonchev–Trinajstić information content (AvgIpc) is 2.86. The molecule has 0 bridgehead atoms. The van der Waals surface area contributed by atoms with E-state index in [0.29, 0.717) is 0 Å². The molecule has 0 saturated heterocycles. The van der Waals surface area contributed by atoms with Gasteiger partial charge < -0.3 is 4.98 Å². The molecule has 1 aromatic heterocycles. The summed E-state index contributed by atoms with van der Waals surface area (Å²) >= 11 is 0. The molecule has 0 saturated carbocycles. The molecule has 5 rings (SSSR count). The van der Waals surface area contributed by atoms with Crippen LogP contribution in [0.15, 0.2) is 60.7 Å². The number of hydrogen-bond donors (Lipinski definition) is 1. The lowest BCUT2D eigenvalue weighted by molar-refractivity contribution is 1.55. The van der Waals surface area contributed by atoms with Crippen molar-refractivity contribution in [2.45, 2.75) is 0 Å². The molecular formula is C18H11N. The first-order chi connectivity index (χ1) is 9.43. The monoisotopic (exact) mass is 241 g/mol. The van der Waals surface area contributed by atoms with Crippen molar-refractivity contribution in [2.75, 3.05) is 0 Å². The first-order valence-corrected chi connectivity index (χ1v) is 6.57. The smallest absolute Gasteiger partial charge is 0.0471 e. The van der Waals surface area contributed by atoms with Crippen LogP contribution in [0.3, 0.4) is 0 Å². The third-order valence-corrected chi connectivity index (χ3v) is 4.16. The number of benzene rings is 4. The van der Waals surface area contributed by atoms with E-state index < -0.39 is 0 Å². The molecule has 0 unspecified atom stereocenters. The van der Waals surface area contributed by atoms with E-state index in [4.69, 9.17) is 0 Å². The second-order valence-corrected chi connectivity index (χ2v) is 5.13. The van der Waals surface area contributed by atoms with E-state index in [-0.39, 0.29) is 0 Å². The second-order valence-electron chi connectivity index (χ2n) is 5.13. The van der Waals surface area contributed by atoms with E-state index in [1.54, 1.807) is 0 Å². The fraction of sp³-hybridized carbons (Fsp3) is 0. The van der Waals surface area contributed by atoms with Crippen LogP contribution >= 0.6 is 0 Å². The van der Waals surface area contributed by atoms with Crippen molar-refractivity contribution in [1.82, 2.24) is 4.98 Å². The molecule has 0 aliphatic carbocycles. The Kier molecular flexibility index (Phi) is 1.52. The molecule has 0 fully saturated rings. The predicted molar refractivity (Wildman–Crippen MR) is 82.0 cm³/mol. The molecule has 0 aliphatic rings. The molecule has 0 amide bonds. The Hall–Kier alpha value is -2.54. The number of aromatic amines is 1. The molecule has 0 atom stereocenters. The molecule has 1 nitrogen and oxygen atoms in total. The summed E-state index contributed by atoms with van der Waals surface area (Å²) in [5.41, 5.74) is 2.46. The van der Waals surface area contributed by atoms with Gasteiger partial charge in [0.05, 0.1) is 0 Å². The summed E-state index contributed by atoms with van der Waals surface area (Å²) in [7, 11) is 0. The fourth-order valence-electron chi connectivity index (χ4n) is 3.40. The topological polar surface area (TPSA) is 15.8 Å². The van der Waals surface area contributed by atoms with Gasteiger partial charge in [0.2, 0.25) is 0 Å². The third kappa shape index (κ3) is 1.02. The van der Waals surface area contributed by atoms with Gasteiger partial charge in [-0.3, -0.25) is 0 Å². The van der Waals surface area contributed by atoms with Crippen LogP contribution < -0.4 is 0 Å². The highest BCUT2D eigenvalue weighted by Crippen LogP contribution is 2.40.